The van der Waals surface area contributed by atoms with Crippen molar-refractivity contribution in [3.8, 4) is 0 Å². The van der Waals surface area contributed by atoms with Crippen LogP contribution in [0.4, 0.5) is 17.1 Å². The largest absolute Gasteiger partial charge is 0.459 e. The lowest BCUT2D eigenvalue weighted by Crippen LogP contribution is -2.41. The van der Waals surface area contributed by atoms with Crippen LogP contribution in [0, 0.1) is 5.92 Å². The number of nitrogens with one attached hydrogen (secondary N) is 1. The van der Waals surface area contributed by atoms with E-state index < -0.39 is 0 Å². The van der Waals surface area contributed by atoms with E-state index in [1.165, 1.54) is 17.5 Å². The van der Waals surface area contributed by atoms with Crippen molar-refractivity contribution in [3.63, 3.8) is 0 Å². The molecule has 1 N–H and O–H groups in total. The summed E-state index contributed by atoms with van der Waals surface area (Å²) in [4.78, 5) is 29.5. The number of piperidine rings is 1. The van der Waals surface area contributed by atoms with E-state index in [1.54, 1.807) is 17.0 Å². The van der Waals surface area contributed by atoms with Crippen molar-refractivity contribution in [3.05, 3.63) is 78.3 Å². The van der Waals surface area contributed by atoms with Gasteiger partial charge < -0.3 is 19.5 Å². The number of amides is 2. The molecule has 1 saturated heterocycles. The number of carbonyl (C=O) groups excluding carboxylic acids is 2. The number of rotatable bonds is 4. The van der Waals surface area contributed by atoms with E-state index in [9.17, 15) is 9.59 Å². The molecule has 0 unspecified atom stereocenters. The predicted molar refractivity (Wildman–Crippen MR) is 120 cm³/mol. The van der Waals surface area contributed by atoms with Crippen LogP contribution in [0.1, 0.15) is 29.0 Å². The van der Waals surface area contributed by atoms with Crippen molar-refractivity contribution >= 4 is 28.9 Å². The fraction of sp³-hybridized carbons (Fsp3) is 0.280. The van der Waals surface area contributed by atoms with E-state index in [4.69, 9.17) is 4.42 Å². The Bertz CT molecular complexity index is 1080. The molecule has 0 saturated carbocycles. The summed E-state index contributed by atoms with van der Waals surface area (Å²) in [7, 11) is 0. The van der Waals surface area contributed by atoms with Gasteiger partial charge in [-0.3, -0.25) is 9.59 Å². The minimum atomic E-state index is -0.112. The van der Waals surface area contributed by atoms with Crippen molar-refractivity contribution in [2.45, 2.75) is 19.3 Å². The van der Waals surface area contributed by atoms with Gasteiger partial charge >= 0.3 is 0 Å². The van der Waals surface area contributed by atoms with Gasteiger partial charge in [0, 0.05) is 31.2 Å². The fourth-order valence-electron chi connectivity index (χ4n) is 4.54. The number of anilines is 3. The van der Waals surface area contributed by atoms with Gasteiger partial charge in [0.1, 0.15) is 0 Å². The Kier molecular flexibility index (Phi) is 5.20. The molecule has 31 heavy (non-hydrogen) atoms. The number of furan rings is 1. The predicted octanol–water partition coefficient (Wildman–Crippen LogP) is 4.46. The van der Waals surface area contributed by atoms with Crippen molar-refractivity contribution in [2.24, 2.45) is 5.92 Å². The third-order valence-electron chi connectivity index (χ3n) is 6.22. The molecule has 0 aliphatic carbocycles. The van der Waals surface area contributed by atoms with Crippen molar-refractivity contribution in [2.75, 3.05) is 29.9 Å². The highest BCUT2D eigenvalue weighted by Crippen LogP contribution is 2.38. The molecule has 2 aliphatic rings. The monoisotopic (exact) mass is 415 g/mol. The first-order chi connectivity index (χ1) is 15.2. The second-order valence-corrected chi connectivity index (χ2v) is 8.08. The number of hydrogen-bond donors (Lipinski definition) is 1. The summed E-state index contributed by atoms with van der Waals surface area (Å²) < 4.78 is 5.21. The van der Waals surface area contributed by atoms with Gasteiger partial charge in [0.2, 0.25) is 5.91 Å². The van der Waals surface area contributed by atoms with E-state index in [1.807, 2.05) is 18.2 Å². The molecule has 3 heterocycles. The van der Waals surface area contributed by atoms with Crippen LogP contribution in [0.15, 0.2) is 71.3 Å². The molecule has 5 rings (SSSR count). The van der Waals surface area contributed by atoms with E-state index >= 15 is 0 Å². The van der Waals surface area contributed by atoms with Gasteiger partial charge in [0.25, 0.3) is 5.91 Å². The topological polar surface area (TPSA) is 65.8 Å². The molecule has 6 heteroatoms. The van der Waals surface area contributed by atoms with E-state index in [0.717, 1.165) is 24.3 Å². The van der Waals surface area contributed by atoms with Gasteiger partial charge in [-0.15, -0.1) is 0 Å². The SMILES string of the molecule is O=C(Nc1ccccc1N1CCc2ccccc21)C1CCN(C(=O)c2ccco2)CC1. The average Bonchev–Trinajstić information content (AvgIpc) is 3.49. The van der Waals surface area contributed by atoms with Gasteiger partial charge in [0.05, 0.1) is 17.6 Å². The van der Waals surface area contributed by atoms with Crippen molar-refractivity contribution < 1.29 is 14.0 Å². The van der Waals surface area contributed by atoms with Crippen molar-refractivity contribution in [1.29, 1.82) is 0 Å². The first-order valence-electron chi connectivity index (χ1n) is 10.8. The first kappa shape index (κ1) is 19.4. The molecular formula is C25H25N3O3. The summed E-state index contributed by atoms with van der Waals surface area (Å²) in [5, 5.41) is 3.16. The molecule has 2 aromatic carbocycles. The van der Waals surface area contributed by atoms with E-state index in [2.05, 4.69) is 40.5 Å². The van der Waals surface area contributed by atoms with Gasteiger partial charge in [-0.05, 0) is 55.2 Å². The first-order valence-corrected chi connectivity index (χ1v) is 10.8. The minimum Gasteiger partial charge on any atom is -0.459 e. The second-order valence-electron chi connectivity index (χ2n) is 8.08. The lowest BCUT2D eigenvalue weighted by Gasteiger charge is -2.31. The maximum Gasteiger partial charge on any atom is 0.289 e. The standard InChI is InChI=1S/C25H25N3O3/c29-24(19-11-14-27(15-12-19)25(30)23-10-5-17-31-23)26-20-7-2-4-9-22(20)28-16-13-18-6-1-3-8-21(18)28/h1-10,17,19H,11-16H2,(H,26,29). The molecule has 0 atom stereocenters. The molecule has 3 aromatic rings. The van der Waals surface area contributed by atoms with E-state index in [0.29, 0.717) is 31.7 Å². The van der Waals surface area contributed by atoms with Crippen LogP contribution in [0.3, 0.4) is 0 Å². The minimum absolute atomic E-state index is 0.0185. The molecule has 0 spiro atoms. The van der Waals surface area contributed by atoms with Crippen molar-refractivity contribution in [1.82, 2.24) is 4.90 Å². The number of nitrogens with zero attached hydrogens (tertiary/aromatic N) is 2. The Labute approximate surface area is 181 Å². The lowest BCUT2D eigenvalue weighted by atomic mass is 9.95. The number of likely N-dealkylation sites (tertiary alicyclic amines) is 1. The molecule has 6 nitrogen and oxygen atoms in total. The molecule has 1 fully saturated rings. The number of para-hydroxylation sites is 3. The Morgan fingerprint density at radius 1 is 0.871 bits per heavy atom. The fourth-order valence-corrected chi connectivity index (χ4v) is 4.54. The quantitative estimate of drug-likeness (QED) is 0.683. The maximum atomic E-state index is 13.0. The van der Waals surface area contributed by atoms with Crippen LogP contribution in [0.2, 0.25) is 0 Å². The highest BCUT2D eigenvalue weighted by Gasteiger charge is 2.30. The Hall–Kier alpha value is -3.54. The van der Waals surface area contributed by atoms with Crippen LogP contribution in [0.5, 0.6) is 0 Å². The summed E-state index contributed by atoms with van der Waals surface area (Å²) in [6.45, 7) is 2.01. The number of carbonyl (C=O) groups is 2. The third kappa shape index (κ3) is 3.81. The summed E-state index contributed by atoms with van der Waals surface area (Å²) >= 11 is 0. The zero-order valence-electron chi connectivity index (χ0n) is 17.3. The molecule has 0 radical (unpaired) electrons. The Morgan fingerprint density at radius 3 is 2.39 bits per heavy atom. The van der Waals surface area contributed by atoms with Gasteiger partial charge in [-0.1, -0.05) is 30.3 Å². The summed E-state index contributed by atoms with van der Waals surface area (Å²) in [5.41, 5.74) is 4.38. The van der Waals surface area contributed by atoms with Gasteiger partial charge in [0.15, 0.2) is 5.76 Å². The number of fused-ring (bicyclic) bond motifs is 1. The summed E-state index contributed by atoms with van der Waals surface area (Å²) in [6, 6.07) is 19.8. The maximum absolute atomic E-state index is 13.0. The zero-order valence-corrected chi connectivity index (χ0v) is 17.3. The Morgan fingerprint density at radius 2 is 1.61 bits per heavy atom. The van der Waals surface area contributed by atoms with Crippen LogP contribution in [-0.4, -0.2) is 36.3 Å². The smallest absolute Gasteiger partial charge is 0.289 e. The highest BCUT2D eigenvalue weighted by atomic mass is 16.3. The second kappa shape index (κ2) is 8.30. The average molecular weight is 415 g/mol. The molecule has 0 bridgehead atoms. The normalized spacial score (nSPS) is 16.3. The third-order valence-corrected chi connectivity index (χ3v) is 6.22. The van der Waals surface area contributed by atoms with Crippen LogP contribution in [-0.2, 0) is 11.2 Å². The molecule has 2 amide bonds. The number of hydrogen-bond acceptors (Lipinski definition) is 4. The number of benzene rings is 2. The Balaban J connectivity index is 1.26. The lowest BCUT2D eigenvalue weighted by molar-refractivity contribution is -0.121. The summed E-state index contributed by atoms with van der Waals surface area (Å²) in [6.07, 6.45) is 3.80. The van der Waals surface area contributed by atoms with Crippen LogP contribution < -0.4 is 10.2 Å². The van der Waals surface area contributed by atoms with Gasteiger partial charge in [-0.2, -0.15) is 0 Å². The highest BCUT2D eigenvalue weighted by molar-refractivity contribution is 5.97. The van der Waals surface area contributed by atoms with E-state index in [-0.39, 0.29) is 17.7 Å². The van der Waals surface area contributed by atoms with Gasteiger partial charge in [-0.25, -0.2) is 0 Å². The molecule has 1 aromatic heterocycles. The molecule has 158 valence electrons. The van der Waals surface area contributed by atoms with Crippen LogP contribution in [0.25, 0.3) is 0 Å². The van der Waals surface area contributed by atoms with Crippen LogP contribution >= 0.6 is 0 Å². The molecule has 2 aliphatic heterocycles. The summed E-state index contributed by atoms with van der Waals surface area (Å²) in [5.74, 6) is 0.147. The zero-order chi connectivity index (χ0) is 21.2. The molecular weight excluding hydrogens is 390 g/mol.